The summed E-state index contributed by atoms with van der Waals surface area (Å²) in [6.07, 6.45) is 1.17. The number of hydrogen-bond donors (Lipinski definition) is 1. The molecule has 1 heterocycles. The molecule has 1 atom stereocenters. The first-order valence-corrected chi connectivity index (χ1v) is 7.65. The van der Waals surface area contributed by atoms with E-state index >= 15 is 0 Å². The second-order valence-electron chi connectivity index (χ2n) is 5.35. The van der Waals surface area contributed by atoms with Gasteiger partial charge in [-0.3, -0.25) is 0 Å². The van der Waals surface area contributed by atoms with Gasteiger partial charge in [-0.1, -0.05) is 6.07 Å². The topological polar surface area (TPSA) is 57.6 Å². The highest BCUT2D eigenvalue weighted by Gasteiger charge is 2.35. The van der Waals surface area contributed by atoms with E-state index in [0.717, 1.165) is 6.07 Å². The molecule has 0 radical (unpaired) electrons. The van der Waals surface area contributed by atoms with Crippen molar-refractivity contribution >= 4 is 10.0 Å². The predicted octanol–water partition coefficient (Wildman–Crippen LogP) is 1.67. The Morgan fingerprint density at radius 1 is 1.42 bits per heavy atom. The Kier molecular flexibility index (Phi) is 3.68. The third-order valence-corrected chi connectivity index (χ3v) is 5.26. The summed E-state index contributed by atoms with van der Waals surface area (Å²) in [5.74, 6) is -0.537. The van der Waals surface area contributed by atoms with Crippen LogP contribution in [0.15, 0.2) is 23.1 Å². The molecule has 0 amide bonds. The quantitative estimate of drug-likeness (QED) is 0.900. The van der Waals surface area contributed by atoms with Crippen LogP contribution in [-0.4, -0.2) is 36.5 Å². The molecule has 4 nitrogen and oxygen atoms in total. The summed E-state index contributed by atoms with van der Waals surface area (Å²) in [6.45, 7) is 3.60. The van der Waals surface area contributed by atoms with Gasteiger partial charge in [-0.15, -0.1) is 0 Å². The number of aryl methyl sites for hydroxylation is 1. The van der Waals surface area contributed by atoms with Crippen LogP contribution in [0.4, 0.5) is 4.39 Å². The fraction of sp³-hybridized carbons (Fsp3) is 0.538. The molecule has 0 saturated carbocycles. The molecule has 0 aromatic heterocycles. The Morgan fingerprint density at radius 3 is 2.68 bits per heavy atom. The van der Waals surface area contributed by atoms with Gasteiger partial charge in [-0.25, -0.2) is 12.8 Å². The molecular weight excluding hydrogens is 269 g/mol. The van der Waals surface area contributed by atoms with Crippen molar-refractivity contribution in [3.05, 3.63) is 29.6 Å². The molecule has 0 aliphatic carbocycles. The second-order valence-corrected chi connectivity index (χ2v) is 7.29. The first-order chi connectivity index (χ1) is 8.72. The average molecular weight is 287 g/mol. The lowest BCUT2D eigenvalue weighted by molar-refractivity contribution is 0.00940. The molecule has 2 rings (SSSR count). The van der Waals surface area contributed by atoms with Gasteiger partial charge in [0.2, 0.25) is 10.0 Å². The Hall–Kier alpha value is -0.980. The van der Waals surface area contributed by atoms with E-state index in [-0.39, 0.29) is 11.4 Å². The van der Waals surface area contributed by atoms with E-state index in [0.29, 0.717) is 24.9 Å². The zero-order valence-corrected chi connectivity index (χ0v) is 11.9. The summed E-state index contributed by atoms with van der Waals surface area (Å²) in [6, 6.07) is 3.88. The average Bonchev–Trinajstić information content (AvgIpc) is 2.31. The molecule has 0 bridgehead atoms. The molecule has 1 aliphatic rings. The molecule has 1 aliphatic heterocycles. The van der Waals surface area contributed by atoms with Gasteiger partial charge in [0, 0.05) is 13.1 Å². The van der Waals surface area contributed by atoms with Crippen LogP contribution in [0.1, 0.15) is 25.3 Å². The summed E-state index contributed by atoms with van der Waals surface area (Å²) in [5, 5.41) is 9.97. The number of halogens is 1. The smallest absolute Gasteiger partial charge is 0.243 e. The largest absolute Gasteiger partial charge is 0.389 e. The van der Waals surface area contributed by atoms with E-state index in [1.54, 1.807) is 13.8 Å². The van der Waals surface area contributed by atoms with Gasteiger partial charge >= 0.3 is 0 Å². The summed E-state index contributed by atoms with van der Waals surface area (Å²) >= 11 is 0. The van der Waals surface area contributed by atoms with Gasteiger partial charge in [-0.05, 0) is 44.4 Å². The second kappa shape index (κ2) is 4.85. The van der Waals surface area contributed by atoms with E-state index in [1.807, 2.05) is 0 Å². The molecule has 1 aromatic rings. The van der Waals surface area contributed by atoms with Gasteiger partial charge < -0.3 is 5.11 Å². The number of piperidine rings is 1. The van der Waals surface area contributed by atoms with Crippen LogP contribution in [0, 0.1) is 12.7 Å². The minimum absolute atomic E-state index is 0.0465. The van der Waals surface area contributed by atoms with Crippen molar-refractivity contribution in [3.63, 3.8) is 0 Å². The van der Waals surface area contributed by atoms with E-state index < -0.39 is 21.4 Å². The Morgan fingerprint density at radius 2 is 2.11 bits per heavy atom. The fourth-order valence-corrected chi connectivity index (χ4v) is 3.87. The minimum atomic E-state index is -3.74. The lowest BCUT2D eigenvalue weighted by Gasteiger charge is -2.35. The first-order valence-electron chi connectivity index (χ1n) is 6.21. The molecule has 0 spiro atoms. The molecule has 19 heavy (non-hydrogen) atoms. The highest BCUT2D eigenvalue weighted by molar-refractivity contribution is 7.89. The number of sulfonamides is 1. The van der Waals surface area contributed by atoms with Crippen LogP contribution in [0.2, 0.25) is 0 Å². The van der Waals surface area contributed by atoms with E-state index in [1.165, 1.54) is 16.4 Å². The molecule has 1 unspecified atom stereocenters. The highest BCUT2D eigenvalue weighted by atomic mass is 32.2. The summed E-state index contributed by atoms with van der Waals surface area (Å²) < 4.78 is 39.5. The van der Waals surface area contributed by atoms with Gasteiger partial charge in [0.05, 0.1) is 10.5 Å². The molecule has 1 N–H and O–H groups in total. The van der Waals surface area contributed by atoms with Crippen molar-refractivity contribution in [1.29, 1.82) is 0 Å². The Balaban J connectivity index is 2.34. The van der Waals surface area contributed by atoms with Crippen LogP contribution in [0.3, 0.4) is 0 Å². The maximum Gasteiger partial charge on any atom is 0.243 e. The van der Waals surface area contributed by atoms with Crippen molar-refractivity contribution in [1.82, 2.24) is 4.31 Å². The molecule has 6 heteroatoms. The minimum Gasteiger partial charge on any atom is -0.389 e. The van der Waals surface area contributed by atoms with Crippen molar-refractivity contribution < 1.29 is 17.9 Å². The molecule has 1 aromatic carbocycles. The van der Waals surface area contributed by atoms with Crippen LogP contribution in [-0.2, 0) is 10.0 Å². The highest BCUT2D eigenvalue weighted by Crippen LogP contribution is 2.26. The third-order valence-electron chi connectivity index (χ3n) is 3.42. The number of hydrogen-bond acceptors (Lipinski definition) is 3. The summed E-state index contributed by atoms with van der Waals surface area (Å²) in [4.78, 5) is -0.0618. The fourth-order valence-electron chi connectivity index (χ4n) is 2.26. The van der Waals surface area contributed by atoms with Crippen molar-refractivity contribution in [2.24, 2.45) is 0 Å². The van der Waals surface area contributed by atoms with E-state index in [9.17, 15) is 17.9 Å². The molecule has 1 fully saturated rings. The zero-order valence-electron chi connectivity index (χ0n) is 11.1. The standard InChI is InChI=1S/C13H18FNO3S/c1-10-4-5-11(8-12(10)14)19(17,18)15-7-3-6-13(2,16)9-15/h4-5,8,16H,3,6-7,9H2,1-2H3. The van der Waals surface area contributed by atoms with Crippen LogP contribution < -0.4 is 0 Å². The van der Waals surface area contributed by atoms with Crippen molar-refractivity contribution in [2.75, 3.05) is 13.1 Å². The summed E-state index contributed by atoms with van der Waals surface area (Å²) in [5.41, 5.74) is -0.612. The van der Waals surface area contributed by atoms with Crippen LogP contribution in [0.25, 0.3) is 0 Å². The number of aliphatic hydroxyl groups is 1. The monoisotopic (exact) mass is 287 g/mol. The van der Waals surface area contributed by atoms with Gasteiger partial charge in [0.25, 0.3) is 0 Å². The number of nitrogens with zero attached hydrogens (tertiary/aromatic N) is 1. The van der Waals surface area contributed by atoms with E-state index in [4.69, 9.17) is 0 Å². The van der Waals surface area contributed by atoms with Crippen molar-refractivity contribution in [2.45, 2.75) is 37.2 Å². The van der Waals surface area contributed by atoms with Crippen molar-refractivity contribution in [3.8, 4) is 0 Å². The maximum absolute atomic E-state index is 13.5. The number of benzene rings is 1. The van der Waals surface area contributed by atoms with Crippen LogP contribution in [0.5, 0.6) is 0 Å². The third kappa shape index (κ3) is 2.96. The molecule has 106 valence electrons. The maximum atomic E-state index is 13.5. The predicted molar refractivity (Wildman–Crippen MR) is 69.8 cm³/mol. The molecule has 1 saturated heterocycles. The van der Waals surface area contributed by atoms with Crippen LogP contribution >= 0.6 is 0 Å². The zero-order chi connectivity index (χ0) is 14.3. The lowest BCUT2D eigenvalue weighted by atomic mass is 9.97. The Bertz CT molecular complexity index is 584. The Labute approximate surface area is 112 Å². The number of rotatable bonds is 2. The van der Waals surface area contributed by atoms with Gasteiger partial charge in [0.15, 0.2) is 0 Å². The SMILES string of the molecule is Cc1ccc(S(=O)(=O)N2CCCC(C)(O)C2)cc1F. The lowest BCUT2D eigenvalue weighted by Crippen LogP contribution is -2.48. The molecular formula is C13H18FNO3S. The normalized spacial score (nSPS) is 25.5. The first kappa shape index (κ1) is 14.4. The summed E-state index contributed by atoms with van der Waals surface area (Å²) in [7, 11) is -3.74. The number of β-amino-alcohol motifs (C(OH)–C–C–N with tert-alkyl or cyclic N) is 1. The van der Waals surface area contributed by atoms with Gasteiger partial charge in [-0.2, -0.15) is 4.31 Å². The van der Waals surface area contributed by atoms with Gasteiger partial charge in [0.1, 0.15) is 5.82 Å². The van der Waals surface area contributed by atoms with E-state index in [2.05, 4.69) is 0 Å².